The maximum atomic E-state index is 12.6. The highest BCUT2D eigenvalue weighted by atomic mass is 19.4. The summed E-state index contributed by atoms with van der Waals surface area (Å²) in [6.07, 6.45) is -1.38. The standard InChI is InChI=1S/C14H14F3N3/c15-14(16,17)13-7-8-20(19-13)11-6-5-10-3-1-2-4-12(10)18-9-11/h1-4,7-8,11,18H,5-6,9H2. The van der Waals surface area contributed by atoms with Crippen molar-refractivity contribution < 1.29 is 13.2 Å². The summed E-state index contributed by atoms with van der Waals surface area (Å²) in [6, 6.07) is 8.89. The highest BCUT2D eigenvalue weighted by molar-refractivity contribution is 5.52. The van der Waals surface area contributed by atoms with Crippen LogP contribution in [0, 0.1) is 0 Å². The normalized spacial score (nSPS) is 19.1. The van der Waals surface area contributed by atoms with Gasteiger partial charge in [-0.3, -0.25) is 4.68 Å². The molecule has 0 aliphatic carbocycles. The summed E-state index contributed by atoms with van der Waals surface area (Å²) >= 11 is 0. The van der Waals surface area contributed by atoms with Gasteiger partial charge < -0.3 is 5.32 Å². The van der Waals surface area contributed by atoms with Gasteiger partial charge in [0.2, 0.25) is 0 Å². The fourth-order valence-electron chi connectivity index (χ4n) is 2.48. The van der Waals surface area contributed by atoms with Crippen LogP contribution in [0.15, 0.2) is 36.5 Å². The fraction of sp³-hybridized carbons (Fsp3) is 0.357. The van der Waals surface area contributed by atoms with Crippen molar-refractivity contribution in [3.05, 3.63) is 47.8 Å². The molecule has 3 nitrogen and oxygen atoms in total. The van der Waals surface area contributed by atoms with E-state index in [-0.39, 0.29) is 6.04 Å². The number of aromatic nitrogens is 2. The first-order valence-corrected chi connectivity index (χ1v) is 6.48. The molecule has 0 saturated carbocycles. The average molecular weight is 281 g/mol. The molecule has 1 aromatic heterocycles. The van der Waals surface area contributed by atoms with E-state index in [4.69, 9.17) is 0 Å². The van der Waals surface area contributed by atoms with Crippen LogP contribution in [0.3, 0.4) is 0 Å². The van der Waals surface area contributed by atoms with E-state index >= 15 is 0 Å². The van der Waals surface area contributed by atoms with Crippen LogP contribution < -0.4 is 5.32 Å². The number of rotatable bonds is 1. The SMILES string of the molecule is FC(F)(F)c1ccn(C2CCc3ccccc3NC2)n1. The van der Waals surface area contributed by atoms with Crippen molar-refractivity contribution in [3.8, 4) is 0 Å². The molecule has 106 valence electrons. The number of alkyl halides is 3. The second-order valence-electron chi connectivity index (χ2n) is 4.91. The van der Waals surface area contributed by atoms with Crippen LogP contribution >= 0.6 is 0 Å². The summed E-state index contributed by atoms with van der Waals surface area (Å²) in [4.78, 5) is 0. The highest BCUT2D eigenvalue weighted by Crippen LogP contribution is 2.30. The van der Waals surface area contributed by atoms with Crippen molar-refractivity contribution >= 4 is 5.69 Å². The van der Waals surface area contributed by atoms with Crippen LogP contribution in [0.5, 0.6) is 0 Å². The molecule has 0 bridgehead atoms. The monoisotopic (exact) mass is 281 g/mol. The number of nitrogens with one attached hydrogen (secondary N) is 1. The Morgan fingerprint density at radius 3 is 2.75 bits per heavy atom. The molecule has 0 spiro atoms. The number of anilines is 1. The first-order valence-electron chi connectivity index (χ1n) is 6.48. The Labute approximate surface area is 114 Å². The minimum atomic E-state index is -4.38. The van der Waals surface area contributed by atoms with Gasteiger partial charge in [-0.05, 0) is 30.5 Å². The van der Waals surface area contributed by atoms with E-state index < -0.39 is 11.9 Å². The lowest BCUT2D eigenvalue weighted by Gasteiger charge is -2.15. The summed E-state index contributed by atoms with van der Waals surface area (Å²) < 4.78 is 39.1. The van der Waals surface area contributed by atoms with E-state index in [0.29, 0.717) is 6.54 Å². The molecule has 0 saturated heterocycles. The number of hydrogen-bond donors (Lipinski definition) is 1. The van der Waals surface area contributed by atoms with Gasteiger partial charge in [0.05, 0.1) is 6.04 Å². The quantitative estimate of drug-likeness (QED) is 0.867. The van der Waals surface area contributed by atoms with Crippen LogP contribution in [0.1, 0.15) is 23.7 Å². The molecule has 1 aliphatic rings. The lowest BCUT2D eigenvalue weighted by atomic mass is 10.1. The maximum Gasteiger partial charge on any atom is 0.435 e. The van der Waals surface area contributed by atoms with Gasteiger partial charge in [-0.15, -0.1) is 0 Å². The molecule has 1 aliphatic heterocycles. The lowest BCUT2D eigenvalue weighted by Crippen LogP contribution is -2.19. The molecular weight excluding hydrogens is 267 g/mol. The number of benzene rings is 1. The van der Waals surface area contributed by atoms with E-state index in [1.807, 2.05) is 24.3 Å². The minimum absolute atomic E-state index is 0.0708. The van der Waals surface area contributed by atoms with Gasteiger partial charge >= 0.3 is 6.18 Å². The van der Waals surface area contributed by atoms with Gasteiger partial charge in [-0.2, -0.15) is 18.3 Å². The van der Waals surface area contributed by atoms with Crippen LogP contribution in [-0.2, 0) is 12.6 Å². The smallest absolute Gasteiger partial charge is 0.383 e. The van der Waals surface area contributed by atoms with E-state index in [9.17, 15) is 13.2 Å². The Balaban J connectivity index is 1.78. The highest BCUT2D eigenvalue weighted by Gasteiger charge is 2.34. The van der Waals surface area contributed by atoms with Gasteiger partial charge in [0.25, 0.3) is 0 Å². The molecule has 1 unspecified atom stereocenters. The topological polar surface area (TPSA) is 29.9 Å². The van der Waals surface area contributed by atoms with Crippen molar-refractivity contribution in [3.63, 3.8) is 0 Å². The predicted octanol–water partition coefficient (Wildman–Crippen LogP) is 3.50. The van der Waals surface area contributed by atoms with Gasteiger partial charge in [-0.1, -0.05) is 18.2 Å². The summed E-state index contributed by atoms with van der Waals surface area (Å²) in [7, 11) is 0. The molecule has 0 radical (unpaired) electrons. The Bertz CT molecular complexity index is 577. The van der Waals surface area contributed by atoms with Crippen LogP contribution in [0.25, 0.3) is 0 Å². The molecular formula is C14H14F3N3. The van der Waals surface area contributed by atoms with Crippen molar-refractivity contribution in [2.75, 3.05) is 11.9 Å². The third-order valence-corrected chi connectivity index (χ3v) is 3.57. The number of halogens is 3. The van der Waals surface area contributed by atoms with Gasteiger partial charge in [-0.25, -0.2) is 0 Å². The molecule has 20 heavy (non-hydrogen) atoms. The zero-order chi connectivity index (χ0) is 14.2. The molecule has 6 heteroatoms. The summed E-state index contributed by atoms with van der Waals surface area (Å²) in [6.45, 7) is 0.579. The number of para-hydroxylation sites is 1. The number of nitrogens with zero attached hydrogens (tertiary/aromatic N) is 2. The molecule has 1 aromatic carbocycles. The Kier molecular flexibility index (Phi) is 3.16. The van der Waals surface area contributed by atoms with E-state index in [0.717, 1.165) is 24.6 Å². The van der Waals surface area contributed by atoms with Gasteiger partial charge in [0, 0.05) is 18.4 Å². The zero-order valence-corrected chi connectivity index (χ0v) is 10.7. The van der Waals surface area contributed by atoms with Crippen molar-refractivity contribution in [1.29, 1.82) is 0 Å². The minimum Gasteiger partial charge on any atom is -0.383 e. The van der Waals surface area contributed by atoms with E-state index in [1.165, 1.54) is 16.4 Å². The second kappa shape index (κ2) is 4.85. The molecule has 0 fully saturated rings. The molecule has 3 rings (SSSR count). The fourth-order valence-corrected chi connectivity index (χ4v) is 2.48. The van der Waals surface area contributed by atoms with Crippen molar-refractivity contribution in [2.24, 2.45) is 0 Å². The van der Waals surface area contributed by atoms with Crippen LogP contribution in [0.4, 0.5) is 18.9 Å². The second-order valence-corrected chi connectivity index (χ2v) is 4.91. The first-order chi connectivity index (χ1) is 9.54. The van der Waals surface area contributed by atoms with Crippen molar-refractivity contribution in [2.45, 2.75) is 25.1 Å². The third kappa shape index (κ3) is 2.50. The largest absolute Gasteiger partial charge is 0.435 e. The number of aryl methyl sites for hydroxylation is 1. The van der Waals surface area contributed by atoms with Gasteiger partial charge in [0.1, 0.15) is 0 Å². The van der Waals surface area contributed by atoms with E-state index in [1.54, 1.807) is 0 Å². The zero-order valence-electron chi connectivity index (χ0n) is 10.7. The van der Waals surface area contributed by atoms with Crippen LogP contribution in [-0.4, -0.2) is 16.3 Å². The molecule has 1 atom stereocenters. The molecule has 2 aromatic rings. The Hall–Kier alpha value is -1.98. The summed E-state index contributed by atoms with van der Waals surface area (Å²) in [5.41, 5.74) is 1.41. The van der Waals surface area contributed by atoms with Crippen LogP contribution in [0.2, 0.25) is 0 Å². The molecule has 1 N–H and O–H groups in total. The summed E-state index contributed by atoms with van der Waals surface area (Å²) in [5, 5.41) is 6.94. The Morgan fingerprint density at radius 1 is 1.20 bits per heavy atom. The van der Waals surface area contributed by atoms with Gasteiger partial charge in [0.15, 0.2) is 5.69 Å². The van der Waals surface area contributed by atoms with Crippen molar-refractivity contribution in [1.82, 2.24) is 9.78 Å². The summed E-state index contributed by atoms with van der Waals surface area (Å²) in [5.74, 6) is 0. The average Bonchev–Trinajstić information content (AvgIpc) is 2.81. The predicted molar refractivity (Wildman–Crippen MR) is 69.5 cm³/mol. The maximum absolute atomic E-state index is 12.6. The number of hydrogen-bond acceptors (Lipinski definition) is 2. The van der Waals surface area contributed by atoms with E-state index in [2.05, 4.69) is 10.4 Å². The first kappa shape index (κ1) is 13.0. The molecule has 0 amide bonds. The number of fused-ring (bicyclic) bond motifs is 1. The molecule has 2 heterocycles. The Morgan fingerprint density at radius 2 is 2.00 bits per heavy atom. The lowest BCUT2D eigenvalue weighted by molar-refractivity contribution is -0.141. The third-order valence-electron chi connectivity index (χ3n) is 3.57.